The maximum atomic E-state index is 12.6. The number of rotatable bonds is 7. The van der Waals surface area contributed by atoms with Gasteiger partial charge in [-0.05, 0) is 24.3 Å². The summed E-state index contributed by atoms with van der Waals surface area (Å²) < 4.78 is 5.37. The second-order valence-electron chi connectivity index (χ2n) is 6.68. The third-order valence-corrected chi connectivity index (χ3v) is 6.66. The van der Waals surface area contributed by atoms with Crippen LogP contribution in [0.25, 0.3) is 10.8 Å². The Hall–Kier alpha value is -2.09. The fraction of sp³-hybridized carbons (Fsp3) is 0.333. The molecule has 0 radical (unpaired) electrons. The molecule has 5 nitrogen and oxygen atoms in total. The van der Waals surface area contributed by atoms with E-state index >= 15 is 0 Å². The Morgan fingerprint density at radius 3 is 2.68 bits per heavy atom. The Balaban J connectivity index is 1.20. The number of hydrogen-bond acceptors (Lipinski definition) is 6. The number of benzene rings is 1. The molecule has 0 unspecified atom stereocenters. The van der Waals surface area contributed by atoms with E-state index in [-0.39, 0.29) is 5.91 Å². The molecule has 2 aromatic heterocycles. The molecule has 1 amide bonds. The highest BCUT2D eigenvalue weighted by atomic mass is 32.2. The SMILES string of the molecule is O=C(Cc1csc(-c2ccco2)n1)N1CCN(CCSc2ccccc2)CC1. The number of thiazole rings is 1. The minimum Gasteiger partial charge on any atom is -0.462 e. The van der Waals surface area contributed by atoms with Crippen molar-refractivity contribution in [1.29, 1.82) is 0 Å². The first-order chi connectivity index (χ1) is 13.8. The zero-order valence-electron chi connectivity index (χ0n) is 15.6. The summed E-state index contributed by atoms with van der Waals surface area (Å²) in [6.45, 7) is 4.53. The fourth-order valence-electron chi connectivity index (χ4n) is 3.20. The molecule has 146 valence electrons. The standard InChI is InChI=1S/C21H23N3O2S2/c25-20(15-17-16-28-21(22-17)19-7-4-13-26-19)24-10-8-23(9-11-24)12-14-27-18-5-2-1-3-6-18/h1-7,13,16H,8-12,14-15H2. The molecule has 3 heterocycles. The van der Waals surface area contributed by atoms with E-state index < -0.39 is 0 Å². The minimum atomic E-state index is 0.162. The van der Waals surface area contributed by atoms with E-state index in [1.807, 2.05) is 40.2 Å². The molecule has 0 bridgehead atoms. The summed E-state index contributed by atoms with van der Waals surface area (Å²) in [7, 11) is 0. The predicted molar refractivity (Wildman–Crippen MR) is 114 cm³/mol. The first-order valence-corrected chi connectivity index (χ1v) is 11.3. The van der Waals surface area contributed by atoms with Crippen molar-refractivity contribution in [3.63, 3.8) is 0 Å². The number of hydrogen-bond donors (Lipinski definition) is 0. The van der Waals surface area contributed by atoms with Crippen LogP contribution in [0.2, 0.25) is 0 Å². The van der Waals surface area contributed by atoms with Gasteiger partial charge in [0.15, 0.2) is 10.8 Å². The molecule has 3 aromatic rings. The van der Waals surface area contributed by atoms with Crippen molar-refractivity contribution >= 4 is 29.0 Å². The van der Waals surface area contributed by atoms with Gasteiger partial charge in [-0.2, -0.15) is 0 Å². The average molecular weight is 414 g/mol. The summed E-state index contributed by atoms with van der Waals surface area (Å²) >= 11 is 3.40. The van der Waals surface area contributed by atoms with Crippen molar-refractivity contribution < 1.29 is 9.21 Å². The van der Waals surface area contributed by atoms with Gasteiger partial charge in [0, 0.05) is 48.8 Å². The van der Waals surface area contributed by atoms with E-state index in [1.165, 1.54) is 16.2 Å². The lowest BCUT2D eigenvalue weighted by Crippen LogP contribution is -2.49. The molecule has 1 aliphatic rings. The van der Waals surface area contributed by atoms with Crippen molar-refractivity contribution in [2.24, 2.45) is 0 Å². The number of carbonyl (C=O) groups excluding carboxylic acids is 1. The molecular formula is C21H23N3O2S2. The summed E-state index contributed by atoms with van der Waals surface area (Å²) in [4.78, 5) is 22.9. The maximum absolute atomic E-state index is 12.6. The second kappa shape index (κ2) is 9.41. The molecule has 0 N–H and O–H groups in total. The van der Waals surface area contributed by atoms with E-state index in [4.69, 9.17) is 4.42 Å². The third kappa shape index (κ3) is 5.04. The lowest BCUT2D eigenvalue weighted by atomic mass is 10.2. The van der Waals surface area contributed by atoms with Crippen molar-refractivity contribution in [1.82, 2.24) is 14.8 Å². The van der Waals surface area contributed by atoms with Crippen molar-refractivity contribution in [2.45, 2.75) is 11.3 Å². The van der Waals surface area contributed by atoms with Crippen LogP contribution in [0, 0.1) is 0 Å². The Kier molecular flexibility index (Phi) is 6.46. The number of nitrogens with zero attached hydrogens (tertiary/aromatic N) is 3. The first-order valence-electron chi connectivity index (χ1n) is 9.44. The van der Waals surface area contributed by atoms with Gasteiger partial charge in [-0.1, -0.05) is 18.2 Å². The quantitative estimate of drug-likeness (QED) is 0.550. The lowest BCUT2D eigenvalue weighted by Gasteiger charge is -2.34. The van der Waals surface area contributed by atoms with Gasteiger partial charge in [-0.3, -0.25) is 9.69 Å². The van der Waals surface area contributed by atoms with Gasteiger partial charge in [0.1, 0.15) is 0 Å². The topological polar surface area (TPSA) is 49.6 Å². The van der Waals surface area contributed by atoms with Crippen LogP contribution in [0.5, 0.6) is 0 Å². The molecule has 4 rings (SSSR count). The third-order valence-electron chi connectivity index (χ3n) is 4.76. The molecule has 7 heteroatoms. The van der Waals surface area contributed by atoms with E-state index in [9.17, 15) is 4.79 Å². The summed E-state index contributed by atoms with van der Waals surface area (Å²) in [5.74, 6) is 1.99. The molecular weight excluding hydrogens is 390 g/mol. The smallest absolute Gasteiger partial charge is 0.228 e. The molecule has 1 fully saturated rings. The van der Waals surface area contributed by atoms with Gasteiger partial charge in [0.05, 0.1) is 18.4 Å². The molecule has 28 heavy (non-hydrogen) atoms. The summed E-state index contributed by atoms with van der Waals surface area (Å²) in [5.41, 5.74) is 0.822. The summed E-state index contributed by atoms with van der Waals surface area (Å²) in [6.07, 6.45) is 2.00. The zero-order chi connectivity index (χ0) is 19.2. The number of aromatic nitrogens is 1. The van der Waals surface area contributed by atoms with Gasteiger partial charge in [-0.15, -0.1) is 23.1 Å². The van der Waals surface area contributed by atoms with Crippen molar-refractivity contribution in [2.75, 3.05) is 38.5 Å². The molecule has 0 aliphatic carbocycles. The Morgan fingerprint density at radius 2 is 1.93 bits per heavy atom. The van der Waals surface area contributed by atoms with E-state index in [0.29, 0.717) is 6.42 Å². The van der Waals surface area contributed by atoms with Crippen molar-refractivity contribution in [3.05, 3.63) is 59.8 Å². The zero-order valence-corrected chi connectivity index (χ0v) is 17.3. The van der Waals surface area contributed by atoms with E-state index in [0.717, 1.165) is 54.9 Å². The molecule has 1 aromatic carbocycles. The number of piperazine rings is 1. The van der Waals surface area contributed by atoms with Crippen LogP contribution in [0.15, 0.2) is 63.4 Å². The number of furan rings is 1. The fourth-order valence-corrected chi connectivity index (χ4v) is 4.92. The van der Waals surface area contributed by atoms with E-state index in [2.05, 4.69) is 34.1 Å². The summed E-state index contributed by atoms with van der Waals surface area (Å²) in [6, 6.07) is 14.2. The Labute approximate surface area is 173 Å². The lowest BCUT2D eigenvalue weighted by molar-refractivity contribution is -0.132. The van der Waals surface area contributed by atoms with Gasteiger partial charge in [-0.25, -0.2) is 4.98 Å². The molecule has 1 saturated heterocycles. The van der Waals surface area contributed by atoms with Crippen LogP contribution in [-0.4, -0.2) is 59.2 Å². The van der Waals surface area contributed by atoms with Crippen LogP contribution in [0.3, 0.4) is 0 Å². The number of thioether (sulfide) groups is 1. The Bertz CT molecular complexity index is 872. The monoisotopic (exact) mass is 413 g/mol. The van der Waals surface area contributed by atoms with Gasteiger partial charge < -0.3 is 9.32 Å². The summed E-state index contributed by atoms with van der Waals surface area (Å²) in [5, 5.41) is 2.78. The highest BCUT2D eigenvalue weighted by Crippen LogP contribution is 2.24. The molecule has 1 aliphatic heterocycles. The first kappa shape index (κ1) is 19.2. The molecule has 0 atom stereocenters. The van der Waals surface area contributed by atoms with Crippen LogP contribution in [-0.2, 0) is 11.2 Å². The predicted octanol–water partition coefficient (Wildman–Crippen LogP) is 3.88. The second-order valence-corrected chi connectivity index (χ2v) is 8.71. The van der Waals surface area contributed by atoms with Crippen LogP contribution < -0.4 is 0 Å². The van der Waals surface area contributed by atoms with Crippen LogP contribution in [0.1, 0.15) is 5.69 Å². The van der Waals surface area contributed by atoms with E-state index in [1.54, 1.807) is 6.26 Å². The Morgan fingerprint density at radius 1 is 1.11 bits per heavy atom. The average Bonchev–Trinajstić information content (AvgIpc) is 3.41. The van der Waals surface area contributed by atoms with Gasteiger partial charge in [0.2, 0.25) is 5.91 Å². The van der Waals surface area contributed by atoms with Gasteiger partial charge in [0.25, 0.3) is 0 Å². The van der Waals surface area contributed by atoms with Crippen molar-refractivity contribution in [3.8, 4) is 10.8 Å². The largest absolute Gasteiger partial charge is 0.462 e. The highest BCUT2D eigenvalue weighted by Gasteiger charge is 2.22. The normalized spacial score (nSPS) is 15.1. The number of amides is 1. The van der Waals surface area contributed by atoms with Crippen LogP contribution in [0.4, 0.5) is 0 Å². The number of carbonyl (C=O) groups is 1. The minimum absolute atomic E-state index is 0.162. The highest BCUT2D eigenvalue weighted by molar-refractivity contribution is 7.99. The molecule has 0 saturated carbocycles. The maximum Gasteiger partial charge on any atom is 0.228 e. The van der Waals surface area contributed by atoms with Gasteiger partial charge >= 0.3 is 0 Å². The van der Waals surface area contributed by atoms with Crippen LogP contribution >= 0.6 is 23.1 Å². The molecule has 0 spiro atoms.